The fourth-order valence-corrected chi connectivity index (χ4v) is 7.35. The van der Waals surface area contributed by atoms with Crippen LogP contribution in [0.2, 0.25) is 0 Å². The minimum Gasteiger partial charge on any atom is -0.504 e. The summed E-state index contributed by atoms with van der Waals surface area (Å²) in [6, 6.07) is 4.29. The van der Waals surface area contributed by atoms with Gasteiger partial charge in [0.2, 0.25) is 0 Å². The van der Waals surface area contributed by atoms with E-state index in [1.165, 1.54) is 37.7 Å². The molecule has 30 heavy (non-hydrogen) atoms. The zero-order valence-electron chi connectivity index (χ0n) is 18.2. The van der Waals surface area contributed by atoms with E-state index in [0.717, 1.165) is 56.8 Å². The monoisotopic (exact) mass is 412 g/mol. The van der Waals surface area contributed by atoms with Crippen LogP contribution >= 0.6 is 0 Å². The summed E-state index contributed by atoms with van der Waals surface area (Å²) >= 11 is 0. The summed E-state index contributed by atoms with van der Waals surface area (Å²) in [6.07, 6.45) is 9.79. The number of nitrogens with one attached hydrogen (secondary N) is 1. The molecule has 1 spiro atoms. The molecule has 5 aliphatic rings. The Hall–Kier alpha value is -1.30. The quantitative estimate of drug-likeness (QED) is 0.601. The number of hydrogen-bond acceptors (Lipinski definition) is 5. The van der Waals surface area contributed by atoms with Gasteiger partial charge in [0.05, 0.1) is 11.0 Å². The topological polar surface area (TPSA) is 65.0 Å². The first-order valence-electron chi connectivity index (χ1n) is 12.3. The summed E-state index contributed by atoms with van der Waals surface area (Å²) in [6.45, 7) is 5.39. The van der Waals surface area contributed by atoms with Crippen LogP contribution in [0.4, 0.5) is 0 Å². The summed E-state index contributed by atoms with van der Waals surface area (Å²) in [5, 5.41) is 26.9. The molecule has 2 heterocycles. The van der Waals surface area contributed by atoms with E-state index in [1.54, 1.807) is 6.07 Å². The molecule has 0 radical (unpaired) electrons. The number of benzene rings is 1. The highest BCUT2D eigenvalue weighted by atomic mass is 16.5. The lowest BCUT2D eigenvalue weighted by atomic mass is 9.48. The van der Waals surface area contributed by atoms with E-state index in [4.69, 9.17) is 4.74 Å². The number of aliphatic hydroxyl groups is 1. The van der Waals surface area contributed by atoms with E-state index in [9.17, 15) is 10.2 Å². The van der Waals surface area contributed by atoms with Crippen molar-refractivity contribution < 1.29 is 14.9 Å². The van der Waals surface area contributed by atoms with Crippen LogP contribution in [0.3, 0.4) is 0 Å². The molecule has 0 aromatic heterocycles. The summed E-state index contributed by atoms with van der Waals surface area (Å²) < 4.78 is 6.58. The van der Waals surface area contributed by atoms with Crippen molar-refractivity contribution in [3.63, 3.8) is 0 Å². The predicted molar refractivity (Wildman–Crippen MR) is 116 cm³/mol. The molecular formula is C25H36N2O3. The van der Waals surface area contributed by atoms with Crippen molar-refractivity contribution in [1.29, 1.82) is 0 Å². The maximum absolute atomic E-state index is 12.4. The number of hydrogen-bond donors (Lipinski definition) is 3. The Balaban J connectivity index is 1.40. The van der Waals surface area contributed by atoms with Crippen molar-refractivity contribution >= 4 is 0 Å². The van der Waals surface area contributed by atoms with Gasteiger partial charge < -0.3 is 20.3 Å². The molecule has 2 bridgehead atoms. The second-order valence-electron chi connectivity index (χ2n) is 10.6. The smallest absolute Gasteiger partial charge is 0.165 e. The predicted octanol–water partition coefficient (Wildman–Crippen LogP) is 3.10. The highest BCUT2D eigenvalue weighted by molar-refractivity contribution is 5.62. The average Bonchev–Trinajstić information content (AvgIpc) is 3.47. The number of phenols is 1. The lowest BCUT2D eigenvalue weighted by Gasteiger charge is -2.64. The van der Waals surface area contributed by atoms with Crippen molar-refractivity contribution in [2.24, 2.45) is 5.92 Å². The molecular weight excluding hydrogens is 376 g/mol. The van der Waals surface area contributed by atoms with Crippen LogP contribution in [-0.4, -0.2) is 58.5 Å². The molecule has 0 unspecified atom stereocenters. The minimum atomic E-state index is -0.765. The van der Waals surface area contributed by atoms with E-state index >= 15 is 0 Å². The van der Waals surface area contributed by atoms with Gasteiger partial charge in [-0.1, -0.05) is 25.8 Å². The second kappa shape index (κ2) is 6.85. The first-order chi connectivity index (χ1) is 14.6. The second-order valence-corrected chi connectivity index (χ2v) is 10.6. The van der Waals surface area contributed by atoms with Gasteiger partial charge in [0, 0.05) is 24.2 Å². The molecule has 1 aromatic rings. The van der Waals surface area contributed by atoms with Crippen LogP contribution in [0.25, 0.3) is 0 Å². The lowest BCUT2D eigenvalue weighted by molar-refractivity contribution is -0.191. The molecule has 5 heteroatoms. The molecule has 2 saturated carbocycles. The molecule has 164 valence electrons. The summed E-state index contributed by atoms with van der Waals surface area (Å²) in [5.41, 5.74) is 1.27. The minimum absolute atomic E-state index is 0.0919. The molecule has 3 fully saturated rings. The van der Waals surface area contributed by atoms with Crippen molar-refractivity contribution in [2.45, 2.75) is 93.9 Å². The van der Waals surface area contributed by atoms with Crippen LogP contribution in [0.5, 0.6) is 11.5 Å². The van der Waals surface area contributed by atoms with Gasteiger partial charge in [-0.3, -0.25) is 4.90 Å². The maximum Gasteiger partial charge on any atom is 0.165 e. The first kappa shape index (κ1) is 19.4. The van der Waals surface area contributed by atoms with Gasteiger partial charge in [0.25, 0.3) is 0 Å². The Labute approximate surface area is 179 Å². The van der Waals surface area contributed by atoms with Crippen LogP contribution in [0, 0.1) is 5.92 Å². The van der Waals surface area contributed by atoms with Crippen LogP contribution < -0.4 is 10.1 Å². The fourth-order valence-electron chi connectivity index (χ4n) is 7.35. The van der Waals surface area contributed by atoms with Crippen molar-refractivity contribution in [3.8, 4) is 11.5 Å². The third kappa shape index (κ3) is 2.52. The Morgan fingerprint density at radius 2 is 2.07 bits per heavy atom. The third-order valence-electron chi connectivity index (χ3n) is 8.95. The number of piperidine rings is 1. The van der Waals surface area contributed by atoms with Crippen molar-refractivity contribution in [2.75, 3.05) is 19.6 Å². The lowest BCUT2D eigenvalue weighted by Crippen LogP contribution is -2.78. The van der Waals surface area contributed by atoms with Gasteiger partial charge in [-0.2, -0.15) is 0 Å². The molecule has 5 atom stereocenters. The molecule has 2 aliphatic heterocycles. The summed E-state index contributed by atoms with van der Waals surface area (Å²) in [4.78, 5) is 2.60. The average molecular weight is 413 g/mol. The van der Waals surface area contributed by atoms with E-state index in [0.29, 0.717) is 5.75 Å². The van der Waals surface area contributed by atoms with Crippen LogP contribution in [0.1, 0.15) is 69.4 Å². The van der Waals surface area contributed by atoms with Gasteiger partial charge in [-0.15, -0.1) is 0 Å². The highest BCUT2D eigenvalue weighted by Gasteiger charge is 2.72. The highest BCUT2D eigenvalue weighted by Crippen LogP contribution is 2.65. The summed E-state index contributed by atoms with van der Waals surface area (Å²) in [5.74, 6) is 1.72. The standard InChI is InChI=1S/C25H36N2O3/c1-2-3-4-12-26-18-9-10-25(29)20-14-17-7-8-19(28)22-21(17)24(25,23(18)30-22)11-13-27(20)15-16-5-6-16/h7-8,16,18,20,23,26,28-29H,2-6,9-15H2,1H3/t18-,20-,23+,24+,25-/m1/s1. The Bertz CT molecular complexity index is 840. The van der Waals surface area contributed by atoms with Crippen LogP contribution in [0.15, 0.2) is 12.1 Å². The zero-order chi connectivity index (χ0) is 20.5. The maximum atomic E-state index is 12.4. The van der Waals surface area contributed by atoms with Gasteiger partial charge in [-0.25, -0.2) is 0 Å². The number of nitrogens with zero attached hydrogens (tertiary/aromatic N) is 1. The number of likely N-dealkylation sites (tertiary alicyclic amines) is 1. The Morgan fingerprint density at radius 1 is 1.20 bits per heavy atom. The largest absolute Gasteiger partial charge is 0.504 e. The number of aromatic hydroxyl groups is 1. The van der Waals surface area contributed by atoms with Crippen molar-refractivity contribution in [3.05, 3.63) is 23.3 Å². The molecule has 3 aliphatic carbocycles. The van der Waals surface area contributed by atoms with Gasteiger partial charge in [0.1, 0.15) is 6.10 Å². The van der Waals surface area contributed by atoms with Gasteiger partial charge in [0.15, 0.2) is 11.5 Å². The number of ether oxygens (including phenoxy) is 1. The zero-order valence-corrected chi connectivity index (χ0v) is 18.2. The van der Waals surface area contributed by atoms with Gasteiger partial charge >= 0.3 is 0 Å². The Kier molecular flexibility index (Phi) is 4.43. The van der Waals surface area contributed by atoms with Crippen molar-refractivity contribution in [1.82, 2.24) is 10.2 Å². The number of phenolic OH excluding ortho intramolecular Hbond substituents is 1. The van der Waals surface area contributed by atoms with E-state index in [1.807, 2.05) is 0 Å². The molecule has 0 amide bonds. The number of unbranched alkanes of at least 4 members (excludes halogenated alkanes) is 2. The number of rotatable bonds is 7. The normalized spacial score (nSPS) is 38.9. The van der Waals surface area contributed by atoms with Gasteiger partial charge in [-0.05, 0) is 75.6 Å². The SMILES string of the molecule is CCCCCN[C@@H]1CC[C@@]2(O)[C@H]3Cc4ccc(O)c5c4[C@@]2(CCN3CC2CC2)[C@H]1O5. The molecule has 6 rings (SSSR count). The summed E-state index contributed by atoms with van der Waals surface area (Å²) in [7, 11) is 0. The molecule has 5 nitrogen and oxygen atoms in total. The van der Waals surface area contributed by atoms with Crippen LogP contribution in [-0.2, 0) is 11.8 Å². The van der Waals surface area contributed by atoms with E-state index in [-0.39, 0.29) is 29.4 Å². The fraction of sp³-hybridized carbons (Fsp3) is 0.760. The molecule has 3 N–H and O–H groups in total. The first-order valence-corrected chi connectivity index (χ1v) is 12.3. The Morgan fingerprint density at radius 3 is 2.87 bits per heavy atom. The third-order valence-corrected chi connectivity index (χ3v) is 8.95. The molecule has 1 aromatic carbocycles. The van der Waals surface area contributed by atoms with E-state index in [2.05, 4.69) is 23.2 Å². The van der Waals surface area contributed by atoms with E-state index < -0.39 is 5.60 Å². The molecule has 1 saturated heterocycles.